The molecule has 1 atom stereocenters. The van der Waals surface area contributed by atoms with E-state index in [0.717, 1.165) is 31.4 Å². The molecular weight excluding hydrogens is 178 g/mol. The monoisotopic (exact) mass is 199 g/mol. The van der Waals surface area contributed by atoms with Crippen molar-refractivity contribution in [2.45, 2.75) is 32.6 Å². The van der Waals surface area contributed by atoms with Gasteiger partial charge < -0.3 is 10.4 Å². The van der Waals surface area contributed by atoms with Crippen molar-refractivity contribution in [3.8, 4) is 0 Å². The van der Waals surface area contributed by atoms with Crippen LogP contribution in [0.1, 0.15) is 32.6 Å². The van der Waals surface area contributed by atoms with Crippen molar-refractivity contribution in [2.75, 3.05) is 13.6 Å². The van der Waals surface area contributed by atoms with Crippen LogP contribution >= 0.6 is 0 Å². The molecule has 0 fully saturated rings. The largest absolute Gasteiger partial charge is 0.481 e. The Labute approximate surface area is 86.2 Å². The quantitative estimate of drug-likeness (QED) is 0.588. The summed E-state index contributed by atoms with van der Waals surface area (Å²) < 4.78 is 0. The van der Waals surface area contributed by atoms with Gasteiger partial charge in [0.1, 0.15) is 0 Å². The van der Waals surface area contributed by atoms with Gasteiger partial charge in [-0.05, 0) is 32.4 Å². The first-order valence-electron chi connectivity index (χ1n) is 5.15. The van der Waals surface area contributed by atoms with E-state index in [0.29, 0.717) is 0 Å². The zero-order valence-corrected chi connectivity index (χ0v) is 9.18. The van der Waals surface area contributed by atoms with Crippen molar-refractivity contribution in [2.24, 2.45) is 5.92 Å². The summed E-state index contributed by atoms with van der Waals surface area (Å²) in [5.41, 5.74) is 1.06. The lowest BCUT2D eigenvalue weighted by Crippen LogP contribution is -2.14. The number of rotatable bonds is 8. The molecule has 0 saturated carbocycles. The number of aliphatic carboxylic acids is 1. The van der Waals surface area contributed by atoms with Gasteiger partial charge in [-0.25, -0.2) is 0 Å². The van der Waals surface area contributed by atoms with Gasteiger partial charge in [0, 0.05) is 0 Å². The lowest BCUT2D eigenvalue weighted by molar-refractivity contribution is -0.137. The molecule has 0 saturated heterocycles. The zero-order valence-electron chi connectivity index (χ0n) is 9.18. The van der Waals surface area contributed by atoms with Crippen molar-refractivity contribution in [3.05, 3.63) is 12.2 Å². The van der Waals surface area contributed by atoms with Crippen molar-refractivity contribution in [1.82, 2.24) is 5.32 Å². The Morgan fingerprint density at radius 2 is 2.21 bits per heavy atom. The Balaban J connectivity index is 4.03. The Morgan fingerprint density at radius 3 is 2.64 bits per heavy atom. The van der Waals surface area contributed by atoms with Gasteiger partial charge in [-0.15, -0.1) is 0 Å². The Morgan fingerprint density at radius 1 is 1.57 bits per heavy atom. The first-order valence-corrected chi connectivity index (χ1v) is 5.15. The third kappa shape index (κ3) is 5.75. The smallest absolute Gasteiger partial charge is 0.303 e. The molecule has 0 aliphatic carbocycles. The molecule has 0 radical (unpaired) electrons. The van der Waals surface area contributed by atoms with E-state index in [1.54, 1.807) is 0 Å². The molecule has 0 unspecified atom stereocenters. The molecule has 0 spiro atoms. The minimum absolute atomic E-state index is 0.144. The minimum Gasteiger partial charge on any atom is -0.481 e. The Hall–Kier alpha value is -0.830. The van der Waals surface area contributed by atoms with Crippen molar-refractivity contribution in [1.29, 1.82) is 0 Å². The van der Waals surface area contributed by atoms with Crippen LogP contribution in [0.15, 0.2) is 12.2 Å². The maximum Gasteiger partial charge on any atom is 0.303 e. The van der Waals surface area contributed by atoms with Crippen molar-refractivity contribution >= 4 is 5.97 Å². The second kappa shape index (κ2) is 7.56. The second-order valence-electron chi connectivity index (χ2n) is 3.60. The van der Waals surface area contributed by atoms with Crippen LogP contribution in [0.4, 0.5) is 0 Å². The summed E-state index contributed by atoms with van der Waals surface area (Å²) in [7, 11) is 1.89. The average molecular weight is 199 g/mol. The molecule has 0 aromatic carbocycles. The fourth-order valence-corrected chi connectivity index (χ4v) is 1.50. The van der Waals surface area contributed by atoms with Gasteiger partial charge >= 0.3 is 5.97 Å². The van der Waals surface area contributed by atoms with E-state index >= 15 is 0 Å². The van der Waals surface area contributed by atoms with Gasteiger partial charge in [-0.2, -0.15) is 0 Å². The van der Waals surface area contributed by atoms with E-state index in [9.17, 15) is 4.79 Å². The van der Waals surface area contributed by atoms with Crippen LogP contribution in [0.2, 0.25) is 0 Å². The van der Waals surface area contributed by atoms with Crippen LogP contribution in [0.25, 0.3) is 0 Å². The summed E-state index contributed by atoms with van der Waals surface area (Å²) in [6.07, 6.45) is 3.02. The molecule has 82 valence electrons. The van der Waals surface area contributed by atoms with Gasteiger partial charge in [-0.1, -0.05) is 25.5 Å². The van der Waals surface area contributed by atoms with Crippen LogP contribution in [0, 0.1) is 5.92 Å². The molecule has 0 amide bonds. The molecule has 2 N–H and O–H groups in total. The summed E-state index contributed by atoms with van der Waals surface area (Å²) in [5.74, 6) is -0.583. The maximum absolute atomic E-state index is 10.6. The van der Waals surface area contributed by atoms with Gasteiger partial charge in [-0.3, -0.25) is 4.79 Å². The second-order valence-corrected chi connectivity index (χ2v) is 3.60. The third-order valence-corrected chi connectivity index (χ3v) is 2.33. The highest BCUT2D eigenvalue weighted by Crippen LogP contribution is 2.21. The molecule has 3 nitrogen and oxygen atoms in total. The van der Waals surface area contributed by atoms with E-state index in [2.05, 4.69) is 18.8 Å². The van der Waals surface area contributed by atoms with Crippen LogP contribution in [0.3, 0.4) is 0 Å². The SMILES string of the molecule is C=C(CCNC)[C@@H](CCC)CC(=O)O. The highest BCUT2D eigenvalue weighted by atomic mass is 16.4. The molecule has 0 aliphatic rings. The number of hydrogen-bond donors (Lipinski definition) is 2. The Kier molecular flexibility index (Phi) is 7.11. The number of hydrogen-bond acceptors (Lipinski definition) is 2. The molecule has 0 aliphatic heterocycles. The summed E-state index contributed by atoms with van der Waals surface area (Å²) in [4.78, 5) is 10.6. The summed E-state index contributed by atoms with van der Waals surface area (Å²) in [5, 5.41) is 11.8. The van der Waals surface area contributed by atoms with E-state index in [-0.39, 0.29) is 12.3 Å². The number of carboxylic acid groups (broad SMARTS) is 1. The number of carboxylic acids is 1. The zero-order chi connectivity index (χ0) is 11.0. The fraction of sp³-hybridized carbons (Fsp3) is 0.727. The molecule has 0 rings (SSSR count). The average Bonchev–Trinajstić information content (AvgIpc) is 2.13. The normalized spacial score (nSPS) is 12.4. The minimum atomic E-state index is -0.728. The van der Waals surface area contributed by atoms with Crippen molar-refractivity contribution < 1.29 is 9.90 Å². The van der Waals surface area contributed by atoms with Gasteiger partial charge in [0.25, 0.3) is 0 Å². The number of carbonyl (C=O) groups is 1. The molecule has 14 heavy (non-hydrogen) atoms. The summed E-state index contributed by atoms with van der Waals surface area (Å²) >= 11 is 0. The van der Waals surface area contributed by atoms with E-state index in [1.807, 2.05) is 7.05 Å². The topological polar surface area (TPSA) is 49.3 Å². The highest BCUT2D eigenvalue weighted by molar-refractivity contribution is 5.67. The lowest BCUT2D eigenvalue weighted by Gasteiger charge is -2.16. The molecule has 0 bridgehead atoms. The van der Waals surface area contributed by atoms with E-state index in [4.69, 9.17) is 5.11 Å². The van der Waals surface area contributed by atoms with Crippen LogP contribution in [0.5, 0.6) is 0 Å². The molecule has 0 aromatic heterocycles. The Bertz CT molecular complexity index is 190. The lowest BCUT2D eigenvalue weighted by atomic mass is 9.90. The number of nitrogens with one attached hydrogen (secondary N) is 1. The highest BCUT2D eigenvalue weighted by Gasteiger charge is 2.14. The molecule has 0 heterocycles. The summed E-state index contributed by atoms with van der Waals surface area (Å²) in [6.45, 7) is 6.90. The van der Waals surface area contributed by atoms with Gasteiger partial charge in [0.05, 0.1) is 6.42 Å². The summed E-state index contributed by atoms with van der Waals surface area (Å²) in [6, 6.07) is 0. The van der Waals surface area contributed by atoms with E-state index in [1.165, 1.54) is 0 Å². The molecule has 0 aromatic rings. The third-order valence-electron chi connectivity index (χ3n) is 2.33. The van der Waals surface area contributed by atoms with Gasteiger partial charge in [0.15, 0.2) is 0 Å². The van der Waals surface area contributed by atoms with Crippen LogP contribution in [-0.4, -0.2) is 24.7 Å². The first-order chi connectivity index (χ1) is 6.61. The fourth-order valence-electron chi connectivity index (χ4n) is 1.50. The van der Waals surface area contributed by atoms with Crippen LogP contribution in [-0.2, 0) is 4.79 Å². The first kappa shape index (κ1) is 13.2. The molecule has 3 heteroatoms. The van der Waals surface area contributed by atoms with Crippen molar-refractivity contribution in [3.63, 3.8) is 0 Å². The maximum atomic E-state index is 10.6. The molecular formula is C11H21NO2. The predicted molar refractivity (Wildman–Crippen MR) is 58.3 cm³/mol. The van der Waals surface area contributed by atoms with Crippen LogP contribution < -0.4 is 5.32 Å². The standard InChI is InChI=1S/C11H21NO2/c1-4-5-10(8-11(13)14)9(2)6-7-12-3/h10,12H,2,4-8H2,1,3H3,(H,13,14)/t10-/m0/s1. The predicted octanol–water partition coefficient (Wildman–Crippen LogP) is 2.04. The van der Waals surface area contributed by atoms with E-state index < -0.39 is 5.97 Å². The van der Waals surface area contributed by atoms with Gasteiger partial charge in [0.2, 0.25) is 0 Å².